The van der Waals surface area contributed by atoms with Crippen molar-refractivity contribution >= 4 is 11.7 Å². The number of hydrogen-bond acceptors (Lipinski definition) is 3. The second kappa shape index (κ2) is 4.44. The van der Waals surface area contributed by atoms with Crippen molar-refractivity contribution in [3.63, 3.8) is 0 Å². The number of alkyl halides is 2. The van der Waals surface area contributed by atoms with Crippen molar-refractivity contribution in [2.45, 2.75) is 12.3 Å². The molecule has 98 valence electrons. The molecule has 1 aromatic rings. The van der Waals surface area contributed by atoms with Crippen molar-refractivity contribution in [2.75, 3.05) is 25.1 Å². The summed E-state index contributed by atoms with van der Waals surface area (Å²) in [5.41, 5.74) is 0.454. The van der Waals surface area contributed by atoms with Crippen molar-refractivity contribution in [1.29, 1.82) is 0 Å². The number of ether oxygens (including phenoxy) is 1. The molecule has 0 bridgehead atoms. The van der Waals surface area contributed by atoms with Crippen LogP contribution in [0.15, 0.2) is 18.2 Å². The number of halogens is 2. The summed E-state index contributed by atoms with van der Waals surface area (Å²) in [7, 11) is 1.37. The van der Waals surface area contributed by atoms with Gasteiger partial charge in [0.15, 0.2) is 0 Å². The number of rotatable bonds is 3. The highest BCUT2D eigenvalue weighted by Gasteiger charge is 2.38. The Kier molecular flexibility index (Phi) is 3.11. The molecule has 1 saturated heterocycles. The molecular formula is C12H13F2NO3. The van der Waals surface area contributed by atoms with Gasteiger partial charge in [0.2, 0.25) is 0 Å². The fourth-order valence-electron chi connectivity index (χ4n) is 2.02. The quantitative estimate of drug-likeness (QED) is 0.902. The molecule has 0 radical (unpaired) electrons. The normalized spacial score (nSPS) is 17.8. The molecule has 0 aromatic heterocycles. The summed E-state index contributed by atoms with van der Waals surface area (Å²) in [6.07, 6.45) is -0.207. The second-order valence-electron chi connectivity index (χ2n) is 4.22. The fourth-order valence-corrected chi connectivity index (χ4v) is 2.02. The standard InChI is InChI=1S/C12H13F2NO3/c1-18-10-3-2-8(6-9(10)11(16)17)15-5-4-12(13,14)7-15/h2-3,6H,4-5,7H2,1H3,(H,16,17). The highest BCUT2D eigenvalue weighted by molar-refractivity contribution is 5.92. The summed E-state index contributed by atoms with van der Waals surface area (Å²) >= 11 is 0. The number of methoxy groups -OCH3 is 1. The summed E-state index contributed by atoms with van der Waals surface area (Å²) in [6, 6.07) is 4.44. The van der Waals surface area contributed by atoms with Crippen LogP contribution in [0.4, 0.5) is 14.5 Å². The highest BCUT2D eigenvalue weighted by atomic mass is 19.3. The molecule has 1 aromatic carbocycles. The van der Waals surface area contributed by atoms with E-state index in [0.717, 1.165) is 0 Å². The van der Waals surface area contributed by atoms with E-state index in [9.17, 15) is 13.6 Å². The van der Waals surface area contributed by atoms with Crippen molar-refractivity contribution < 1.29 is 23.4 Å². The van der Waals surface area contributed by atoms with E-state index >= 15 is 0 Å². The summed E-state index contributed by atoms with van der Waals surface area (Å²) < 4.78 is 31.1. The number of anilines is 1. The molecule has 18 heavy (non-hydrogen) atoms. The first-order valence-corrected chi connectivity index (χ1v) is 5.47. The SMILES string of the molecule is COc1ccc(N2CCC(F)(F)C2)cc1C(=O)O. The maximum Gasteiger partial charge on any atom is 0.339 e. The van der Waals surface area contributed by atoms with Crippen LogP contribution in [-0.2, 0) is 0 Å². The lowest BCUT2D eigenvalue weighted by molar-refractivity contribution is 0.0257. The molecular weight excluding hydrogens is 244 g/mol. The molecule has 4 nitrogen and oxygen atoms in total. The van der Waals surface area contributed by atoms with Crippen LogP contribution < -0.4 is 9.64 Å². The first-order chi connectivity index (χ1) is 8.43. The zero-order valence-corrected chi connectivity index (χ0v) is 9.82. The van der Waals surface area contributed by atoms with Crippen LogP contribution in [-0.4, -0.2) is 37.2 Å². The molecule has 0 spiro atoms. The van der Waals surface area contributed by atoms with E-state index in [1.165, 1.54) is 24.1 Å². The number of carboxylic acid groups (broad SMARTS) is 1. The Morgan fingerprint density at radius 2 is 2.22 bits per heavy atom. The van der Waals surface area contributed by atoms with E-state index in [1.54, 1.807) is 6.07 Å². The average molecular weight is 257 g/mol. The minimum Gasteiger partial charge on any atom is -0.496 e. The van der Waals surface area contributed by atoms with Gasteiger partial charge < -0.3 is 14.7 Å². The number of carboxylic acids is 1. The van der Waals surface area contributed by atoms with E-state index in [4.69, 9.17) is 9.84 Å². The fraction of sp³-hybridized carbons (Fsp3) is 0.417. The molecule has 1 heterocycles. The van der Waals surface area contributed by atoms with E-state index in [1.807, 2.05) is 0 Å². The maximum atomic E-state index is 13.1. The average Bonchev–Trinajstić information content (AvgIpc) is 2.68. The van der Waals surface area contributed by atoms with Gasteiger partial charge >= 0.3 is 5.97 Å². The van der Waals surface area contributed by atoms with E-state index in [2.05, 4.69) is 0 Å². The summed E-state index contributed by atoms with van der Waals surface area (Å²) in [6.45, 7) is -0.156. The van der Waals surface area contributed by atoms with Gasteiger partial charge in [-0.3, -0.25) is 0 Å². The van der Waals surface area contributed by atoms with Crippen molar-refractivity contribution in [1.82, 2.24) is 0 Å². The lowest BCUT2D eigenvalue weighted by Crippen LogP contribution is -2.25. The van der Waals surface area contributed by atoms with E-state index in [0.29, 0.717) is 5.69 Å². The molecule has 0 amide bonds. The lowest BCUT2D eigenvalue weighted by atomic mass is 10.1. The third-order valence-electron chi connectivity index (χ3n) is 2.95. The molecule has 1 aliphatic heterocycles. The molecule has 0 saturated carbocycles. The van der Waals surface area contributed by atoms with E-state index < -0.39 is 11.9 Å². The number of nitrogens with zero attached hydrogens (tertiary/aromatic N) is 1. The van der Waals surface area contributed by atoms with Crippen molar-refractivity contribution in [3.05, 3.63) is 23.8 Å². The first kappa shape index (κ1) is 12.6. The Balaban J connectivity index is 2.30. The van der Waals surface area contributed by atoms with Crippen LogP contribution >= 0.6 is 0 Å². The topological polar surface area (TPSA) is 49.8 Å². The maximum absolute atomic E-state index is 13.1. The highest BCUT2D eigenvalue weighted by Crippen LogP contribution is 2.33. The third kappa shape index (κ3) is 2.37. The predicted molar refractivity (Wildman–Crippen MR) is 61.7 cm³/mol. The molecule has 1 fully saturated rings. The van der Waals surface area contributed by atoms with Gasteiger partial charge in [0.1, 0.15) is 11.3 Å². The molecule has 0 unspecified atom stereocenters. The number of hydrogen-bond donors (Lipinski definition) is 1. The Labute approximate surface area is 103 Å². The molecule has 0 atom stereocenters. The van der Waals surface area contributed by atoms with Crippen LogP contribution in [0.5, 0.6) is 5.75 Å². The number of carbonyl (C=O) groups is 1. The molecule has 2 rings (SSSR count). The molecule has 0 aliphatic carbocycles. The molecule has 6 heteroatoms. The van der Waals surface area contributed by atoms with Crippen LogP contribution in [0.2, 0.25) is 0 Å². The van der Waals surface area contributed by atoms with Gasteiger partial charge in [-0.1, -0.05) is 0 Å². The zero-order chi connectivity index (χ0) is 13.3. The first-order valence-electron chi connectivity index (χ1n) is 5.47. The Hall–Kier alpha value is -1.85. The Morgan fingerprint density at radius 1 is 1.50 bits per heavy atom. The van der Waals surface area contributed by atoms with Gasteiger partial charge in [0, 0.05) is 18.7 Å². The van der Waals surface area contributed by atoms with Crippen LogP contribution in [0, 0.1) is 0 Å². The minimum atomic E-state index is -2.71. The lowest BCUT2D eigenvalue weighted by Gasteiger charge is -2.19. The summed E-state index contributed by atoms with van der Waals surface area (Å²) in [5, 5.41) is 9.02. The van der Waals surface area contributed by atoms with Crippen molar-refractivity contribution in [3.8, 4) is 5.75 Å². The second-order valence-corrected chi connectivity index (χ2v) is 4.22. The van der Waals surface area contributed by atoms with Gasteiger partial charge in [-0.05, 0) is 18.2 Å². The Morgan fingerprint density at radius 3 is 2.72 bits per heavy atom. The molecule has 1 aliphatic rings. The van der Waals surface area contributed by atoms with E-state index in [-0.39, 0.29) is 30.8 Å². The van der Waals surface area contributed by atoms with Gasteiger partial charge in [0.05, 0.1) is 13.7 Å². The third-order valence-corrected chi connectivity index (χ3v) is 2.95. The van der Waals surface area contributed by atoms with Crippen LogP contribution in [0.1, 0.15) is 16.8 Å². The zero-order valence-electron chi connectivity index (χ0n) is 9.82. The predicted octanol–water partition coefficient (Wildman–Crippen LogP) is 2.24. The molecule has 1 N–H and O–H groups in total. The van der Waals surface area contributed by atoms with Crippen LogP contribution in [0.25, 0.3) is 0 Å². The van der Waals surface area contributed by atoms with Gasteiger partial charge in [0.25, 0.3) is 5.92 Å². The van der Waals surface area contributed by atoms with Gasteiger partial charge in [-0.15, -0.1) is 0 Å². The number of benzene rings is 1. The summed E-state index contributed by atoms with van der Waals surface area (Å²) in [4.78, 5) is 12.5. The monoisotopic (exact) mass is 257 g/mol. The largest absolute Gasteiger partial charge is 0.496 e. The van der Waals surface area contributed by atoms with Gasteiger partial charge in [-0.2, -0.15) is 0 Å². The Bertz CT molecular complexity index is 476. The smallest absolute Gasteiger partial charge is 0.339 e. The van der Waals surface area contributed by atoms with Gasteiger partial charge in [-0.25, -0.2) is 13.6 Å². The minimum absolute atomic E-state index is 0.0229. The van der Waals surface area contributed by atoms with Crippen LogP contribution in [0.3, 0.4) is 0 Å². The summed E-state index contributed by atoms with van der Waals surface area (Å²) in [5.74, 6) is -3.62. The number of aromatic carboxylic acids is 1. The van der Waals surface area contributed by atoms with Crippen molar-refractivity contribution in [2.24, 2.45) is 0 Å².